The number of rotatable bonds is 3. The van der Waals surface area contributed by atoms with E-state index in [9.17, 15) is 4.79 Å². The van der Waals surface area contributed by atoms with Gasteiger partial charge in [0.25, 0.3) is 0 Å². The van der Waals surface area contributed by atoms with Gasteiger partial charge in [0, 0.05) is 17.0 Å². The second-order valence-corrected chi connectivity index (χ2v) is 8.34. The molecule has 2 aromatic rings. The number of hydrogen-bond acceptors (Lipinski definition) is 4. The fourth-order valence-corrected chi connectivity index (χ4v) is 3.62. The average molecular weight is 380 g/mol. The molecule has 0 fully saturated rings. The maximum Gasteiger partial charge on any atom is 0.412 e. The number of anilines is 1. The highest BCUT2D eigenvalue weighted by molar-refractivity contribution is 6.04. The van der Waals surface area contributed by atoms with Gasteiger partial charge in [-0.15, -0.1) is 0 Å². The summed E-state index contributed by atoms with van der Waals surface area (Å²) in [6.07, 6.45) is -0.484. The molecule has 0 aromatic heterocycles. The van der Waals surface area contributed by atoms with E-state index in [4.69, 9.17) is 14.5 Å². The van der Waals surface area contributed by atoms with Crippen LogP contribution in [-0.4, -0.2) is 24.5 Å². The van der Waals surface area contributed by atoms with Crippen molar-refractivity contribution in [3.63, 3.8) is 0 Å². The van der Waals surface area contributed by atoms with Crippen LogP contribution in [0.4, 0.5) is 16.2 Å². The lowest BCUT2D eigenvalue weighted by Crippen LogP contribution is -2.30. The number of para-hydroxylation sites is 1. The molecule has 2 aromatic carbocycles. The highest BCUT2D eigenvalue weighted by Crippen LogP contribution is 2.49. The van der Waals surface area contributed by atoms with Crippen LogP contribution in [0, 0.1) is 6.92 Å². The van der Waals surface area contributed by atoms with Crippen molar-refractivity contribution in [3.8, 4) is 5.75 Å². The Morgan fingerprint density at radius 2 is 1.82 bits per heavy atom. The normalized spacial score (nSPS) is 18.3. The maximum absolute atomic E-state index is 12.2. The molecule has 0 bridgehead atoms. The van der Waals surface area contributed by atoms with E-state index >= 15 is 0 Å². The Balaban J connectivity index is 2.06. The van der Waals surface area contributed by atoms with Gasteiger partial charge in [0.05, 0.1) is 18.2 Å². The standard InChI is InChI=1S/C23H28N2O3/c1-14-9-8-10-17-20(14)24-15(2)23(17,6)18-13-16(11-12-19(18)27-7)25-21(26)28-22(3,4)5/h8-13H,1-7H3,(H,25,26)/t23-/m0/s1. The lowest BCUT2D eigenvalue weighted by molar-refractivity contribution is 0.0636. The fourth-order valence-electron chi connectivity index (χ4n) is 3.62. The summed E-state index contributed by atoms with van der Waals surface area (Å²) in [5.74, 6) is 0.751. The molecule has 5 heteroatoms. The van der Waals surface area contributed by atoms with Crippen molar-refractivity contribution < 1.29 is 14.3 Å². The van der Waals surface area contributed by atoms with E-state index in [-0.39, 0.29) is 0 Å². The third-order valence-electron chi connectivity index (χ3n) is 5.16. The van der Waals surface area contributed by atoms with Gasteiger partial charge in [-0.05, 0) is 70.9 Å². The second-order valence-electron chi connectivity index (χ2n) is 8.34. The Labute approximate surface area is 166 Å². The predicted octanol–water partition coefficient (Wildman–Crippen LogP) is 5.76. The number of carbonyl (C=O) groups excluding carboxylic acids is 1. The van der Waals surface area contributed by atoms with Gasteiger partial charge in [-0.3, -0.25) is 10.3 Å². The van der Waals surface area contributed by atoms with E-state index < -0.39 is 17.1 Å². The topological polar surface area (TPSA) is 59.9 Å². The zero-order valence-corrected chi connectivity index (χ0v) is 17.6. The van der Waals surface area contributed by atoms with Crippen molar-refractivity contribution in [2.75, 3.05) is 12.4 Å². The summed E-state index contributed by atoms with van der Waals surface area (Å²) >= 11 is 0. The average Bonchev–Trinajstić information content (AvgIpc) is 2.87. The highest BCUT2D eigenvalue weighted by Gasteiger charge is 2.41. The Morgan fingerprint density at radius 3 is 2.46 bits per heavy atom. The Bertz CT molecular complexity index is 957. The number of nitrogens with one attached hydrogen (secondary N) is 1. The van der Waals surface area contributed by atoms with Gasteiger partial charge >= 0.3 is 6.09 Å². The second kappa shape index (κ2) is 6.97. The molecule has 1 N–H and O–H groups in total. The van der Waals surface area contributed by atoms with Crippen LogP contribution in [0.1, 0.15) is 51.3 Å². The maximum atomic E-state index is 12.2. The number of nitrogens with zero attached hydrogens (tertiary/aromatic N) is 1. The molecule has 3 rings (SSSR count). The van der Waals surface area contributed by atoms with Crippen molar-refractivity contribution in [2.24, 2.45) is 4.99 Å². The summed E-state index contributed by atoms with van der Waals surface area (Å²) in [5, 5.41) is 2.82. The molecule has 1 heterocycles. The van der Waals surface area contributed by atoms with Crippen LogP contribution in [-0.2, 0) is 10.2 Å². The minimum absolute atomic E-state index is 0.446. The van der Waals surface area contributed by atoms with Crippen LogP contribution in [0.3, 0.4) is 0 Å². The number of methoxy groups -OCH3 is 1. The highest BCUT2D eigenvalue weighted by atomic mass is 16.6. The molecule has 0 spiro atoms. The molecule has 28 heavy (non-hydrogen) atoms. The van der Waals surface area contributed by atoms with E-state index in [1.54, 1.807) is 7.11 Å². The molecule has 1 aliphatic rings. The molecule has 0 radical (unpaired) electrons. The van der Waals surface area contributed by atoms with Crippen LogP contribution in [0.25, 0.3) is 0 Å². The number of fused-ring (bicyclic) bond motifs is 1. The lowest BCUT2D eigenvalue weighted by Gasteiger charge is -2.29. The monoisotopic (exact) mass is 380 g/mol. The quantitative estimate of drug-likeness (QED) is 0.736. The molecule has 1 atom stereocenters. The van der Waals surface area contributed by atoms with Crippen LogP contribution in [0.15, 0.2) is 41.4 Å². The van der Waals surface area contributed by atoms with E-state index in [0.29, 0.717) is 5.69 Å². The number of amides is 1. The van der Waals surface area contributed by atoms with Crippen LogP contribution in [0.2, 0.25) is 0 Å². The van der Waals surface area contributed by atoms with Crippen molar-refractivity contribution in [3.05, 3.63) is 53.1 Å². The molecule has 0 saturated carbocycles. The summed E-state index contributed by atoms with van der Waals surface area (Å²) < 4.78 is 11.0. The Kier molecular flexibility index (Phi) is 4.96. The third kappa shape index (κ3) is 3.49. The van der Waals surface area contributed by atoms with Crippen molar-refractivity contribution in [2.45, 2.75) is 52.6 Å². The molecular formula is C23H28N2O3. The molecule has 0 saturated heterocycles. The van der Waals surface area contributed by atoms with Gasteiger partial charge in [-0.1, -0.05) is 18.2 Å². The summed E-state index contributed by atoms with van der Waals surface area (Å²) in [6.45, 7) is 11.8. The molecule has 5 nitrogen and oxygen atoms in total. The summed E-state index contributed by atoms with van der Waals surface area (Å²) in [5.41, 5.74) is 4.88. The third-order valence-corrected chi connectivity index (χ3v) is 5.16. The first-order chi connectivity index (χ1) is 13.1. The number of hydrogen-bond donors (Lipinski definition) is 1. The minimum Gasteiger partial charge on any atom is -0.496 e. The van der Waals surface area contributed by atoms with Gasteiger partial charge in [-0.2, -0.15) is 0 Å². The Hall–Kier alpha value is -2.82. The van der Waals surface area contributed by atoms with Crippen molar-refractivity contribution >= 4 is 23.2 Å². The number of aryl methyl sites for hydroxylation is 1. The zero-order valence-electron chi connectivity index (χ0n) is 17.6. The van der Waals surface area contributed by atoms with E-state index in [0.717, 1.165) is 33.8 Å². The first kappa shape index (κ1) is 19.9. The van der Waals surface area contributed by atoms with Gasteiger partial charge in [-0.25, -0.2) is 4.79 Å². The first-order valence-electron chi connectivity index (χ1n) is 9.40. The number of carbonyl (C=O) groups is 1. The van der Waals surface area contributed by atoms with Crippen molar-refractivity contribution in [1.82, 2.24) is 0 Å². The number of aliphatic imine (C=N–C) groups is 1. The van der Waals surface area contributed by atoms with Crippen molar-refractivity contribution in [1.29, 1.82) is 0 Å². The number of benzene rings is 2. The minimum atomic E-state index is -0.559. The summed E-state index contributed by atoms with van der Waals surface area (Å²) in [7, 11) is 1.65. The van der Waals surface area contributed by atoms with E-state index in [1.807, 2.05) is 45.9 Å². The van der Waals surface area contributed by atoms with Crippen LogP contribution in [0.5, 0.6) is 5.75 Å². The van der Waals surface area contributed by atoms with Gasteiger partial charge in [0.1, 0.15) is 11.4 Å². The smallest absolute Gasteiger partial charge is 0.412 e. The molecule has 1 amide bonds. The molecule has 0 unspecified atom stereocenters. The fraction of sp³-hybridized carbons (Fsp3) is 0.391. The molecule has 148 valence electrons. The van der Waals surface area contributed by atoms with E-state index in [2.05, 4.69) is 37.4 Å². The molecule has 0 aliphatic carbocycles. The van der Waals surface area contributed by atoms with Gasteiger partial charge in [0.15, 0.2) is 0 Å². The lowest BCUT2D eigenvalue weighted by atomic mass is 9.73. The molecular weight excluding hydrogens is 352 g/mol. The first-order valence-corrected chi connectivity index (χ1v) is 9.40. The van der Waals surface area contributed by atoms with E-state index in [1.165, 1.54) is 0 Å². The Morgan fingerprint density at radius 1 is 1.11 bits per heavy atom. The number of ether oxygens (including phenoxy) is 2. The van der Waals surface area contributed by atoms with Crippen LogP contribution < -0.4 is 10.1 Å². The SMILES string of the molecule is COc1ccc(NC(=O)OC(C)(C)C)cc1[C@@]1(C)C(C)=Nc2c(C)cccc21. The summed E-state index contributed by atoms with van der Waals surface area (Å²) in [6, 6.07) is 11.9. The van der Waals surface area contributed by atoms with Crippen LogP contribution >= 0.6 is 0 Å². The summed E-state index contributed by atoms with van der Waals surface area (Å²) in [4.78, 5) is 17.1. The largest absolute Gasteiger partial charge is 0.496 e. The zero-order chi connectivity index (χ0) is 20.7. The predicted molar refractivity (Wildman–Crippen MR) is 113 cm³/mol. The van der Waals surface area contributed by atoms with Gasteiger partial charge < -0.3 is 9.47 Å². The van der Waals surface area contributed by atoms with Gasteiger partial charge in [0.2, 0.25) is 0 Å². The molecule has 1 aliphatic heterocycles.